The number of esters is 1. The van der Waals surface area contributed by atoms with Gasteiger partial charge in [-0.1, -0.05) is 31.4 Å². The fourth-order valence-corrected chi connectivity index (χ4v) is 6.14. The SMILES string of the molecule is O=C(COC(=O)C1(Cc2nc3ccccc3s2)CCCCC1)Nc1ccc(N2CCOCC2)cc1. The molecule has 35 heavy (non-hydrogen) atoms. The number of benzene rings is 2. The molecule has 184 valence electrons. The number of anilines is 2. The minimum atomic E-state index is -0.605. The molecule has 1 aromatic heterocycles. The molecule has 2 aliphatic rings. The zero-order chi connectivity index (χ0) is 24.1. The van der Waals surface area contributed by atoms with E-state index in [1.165, 1.54) is 0 Å². The van der Waals surface area contributed by atoms with Crippen LogP contribution in [-0.2, 0) is 25.5 Å². The second-order valence-electron chi connectivity index (χ2n) is 9.36. The minimum absolute atomic E-state index is 0.283. The monoisotopic (exact) mass is 493 g/mol. The third-order valence-electron chi connectivity index (χ3n) is 6.93. The second kappa shape index (κ2) is 10.7. The molecule has 0 atom stereocenters. The van der Waals surface area contributed by atoms with Gasteiger partial charge in [-0.05, 0) is 49.2 Å². The molecule has 1 aliphatic carbocycles. The Labute approximate surface area is 209 Å². The van der Waals surface area contributed by atoms with E-state index in [2.05, 4.69) is 16.3 Å². The lowest BCUT2D eigenvalue weighted by molar-refractivity contribution is -0.160. The van der Waals surface area contributed by atoms with E-state index in [4.69, 9.17) is 14.5 Å². The van der Waals surface area contributed by atoms with Gasteiger partial charge in [0.1, 0.15) is 0 Å². The maximum atomic E-state index is 13.3. The number of nitrogens with one attached hydrogen (secondary N) is 1. The van der Waals surface area contributed by atoms with Crippen LogP contribution in [0.5, 0.6) is 0 Å². The Morgan fingerprint density at radius 1 is 1.03 bits per heavy atom. The molecular formula is C27H31N3O4S. The zero-order valence-electron chi connectivity index (χ0n) is 19.8. The lowest BCUT2D eigenvalue weighted by atomic mass is 9.72. The maximum Gasteiger partial charge on any atom is 0.313 e. The average molecular weight is 494 g/mol. The van der Waals surface area contributed by atoms with Crippen LogP contribution in [0, 0.1) is 5.41 Å². The number of rotatable bonds is 7. The molecule has 7 nitrogen and oxygen atoms in total. The topological polar surface area (TPSA) is 80.8 Å². The molecule has 2 fully saturated rings. The Morgan fingerprint density at radius 2 is 1.77 bits per heavy atom. The number of carbonyl (C=O) groups is 2. The van der Waals surface area contributed by atoms with Crippen molar-refractivity contribution < 1.29 is 19.1 Å². The molecule has 1 N–H and O–H groups in total. The number of nitrogens with zero attached hydrogens (tertiary/aromatic N) is 2. The fourth-order valence-electron chi connectivity index (χ4n) is 5.03. The van der Waals surface area contributed by atoms with Crippen molar-refractivity contribution in [1.29, 1.82) is 0 Å². The van der Waals surface area contributed by atoms with Gasteiger partial charge in [0.2, 0.25) is 0 Å². The van der Waals surface area contributed by atoms with E-state index in [0.29, 0.717) is 12.1 Å². The highest BCUT2D eigenvalue weighted by atomic mass is 32.1. The first-order chi connectivity index (χ1) is 17.1. The molecule has 2 aromatic carbocycles. The third-order valence-corrected chi connectivity index (χ3v) is 7.97. The van der Waals surface area contributed by atoms with Gasteiger partial charge in [-0.25, -0.2) is 4.98 Å². The first kappa shape index (κ1) is 23.8. The number of fused-ring (bicyclic) bond motifs is 1. The minimum Gasteiger partial charge on any atom is -0.455 e. The van der Waals surface area contributed by atoms with Crippen molar-refractivity contribution in [2.75, 3.05) is 43.1 Å². The summed E-state index contributed by atoms with van der Waals surface area (Å²) in [5.41, 5.74) is 2.15. The van der Waals surface area contributed by atoms with Gasteiger partial charge in [0.25, 0.3) is 5.91 Å². The quantitative estimate of drug-likeness (QED) is 0.476. The highest BCUT2D eigenvalue weighted by molar-refractivity contribution is 7.18. The lowest BCUT2D eigenvalue weighted by Crippen LogP contribution is -2.38. The standard InChI is InChI=1S/C27H31N3O4S/c31-24(28-20-8-10-21(11-9-20)30-14-16-33-17-15-30)19-34-26(32)27(12-4-1-5-13-27)18-25-29-22-6-2-3-7-23(22)35-25/h2-3,6-11H,1,4-5,12-19H2,(H,28,31). The summed E-state index contributed by atoms with van der Waals surface area (Å²) in [6.07, 6.45) is 5.20. The molecule has 5 rings (SSSR count). The molecule has 0 bridgehead atoms. The first-order valence-corrected chi connectivity index (χ1v) is 13.2. The van der Waals surface area contributed by atoms with Crippen molar-refractivity contribution in [1.82, 2.24) is 4.98 Å². The van der Waals surface area contributed by atoms with Crippen molar-refractivity contribution >= 4 is 44.8 Å². The average Bonchev–Trinajstić information content (AvgIpc) is 3.31. The van der Waals surface area contributed by atoms with E-state index in [-0.39, 0.29) is 18.5 Å². The molecule has 1 saturated heterocycles. The number of hydrogen-bond acceptors (Lipinski definition) is 7. The Hall–Kier alpha value is -2.97. The highest BCUT2D eigenvalue weighted by Crippen LogP contribution is 2.41. The van der Waals surface area contributed by atoms with Gasteiger partial charge in [-0.2, -0.15) is 0 Å². The van der Waals surface area contributed by atoms with Crippen molar-refractivity contribution in [3.8, 4) is 0 Å². The van der Waals surface area contributed by atoms with Crippen molar-refractivity contribution in [3.05, 3.63) is 53.5 Å². The summed E-state index contributed by atoms with van der Waals surface area (Å²) in [5.74, 6) is -0.613. The van der Waals surface area contributed by atoms with E-state index in [1.54, 1.807) is 11.3 Å². The largest absolute Gasteiger partial charge is 0.455 e. The van der Waals surface area contributed by atoms with Crippen molar-refractivity contribution in [2.24, 2.45) is 5.41 Å². The molecule has 3 aromatic rings. The van der Waals surface area contributed by atoms with Crippen LogP contribution in [-0.4, -0.2) is 49.8 Å². The van der Waals surface area contributed by atoms with Crippen LogP contribution >= 0.6 is 11.3 Å². The van der Waals surface area contributed by atoms with E-state index >= 15 is 0 Å². The van der Waals surface area contributed by atoms with Gasteiger partial charge in [0, 0.05) is 30.9 Å². The van der Waals surface area contributed by atoms with Crippen molar-refractivity contribution in [3.63, 3.8) is 0 Å². The summed E-state index contributed by atoms with van der Waals surface area (Å²) in [5, 5.41) is 3.79. The number of aromatic nitrogens is 1. The molecule has 0 spiro atoms. The van der Waals surface area contributed by atoms with E-state index in [9.17, 15) is 9.59 Å². The van der Waals surface area contributed by atoms with Crippen LogP contribution < -0.4 is 10.2 Å². The first-order valence-electron chi connectivity index (χ1n) is 12.4. The van der Waals surface area contributed by atoms with E-state index in [0.717, 1.165) is 79.3 Å². The number of amides is 1. The van der Waals surface area contributed by atoms with Gasteiger partial charge < -0.3 is 19.7 Å². The Kier molecular flexibility index (Phi) is 7.29. The summed E-state index contributed by atoms with van der Waals surface area (Å²) in [4.78, 5) is 32.8. The third kappa shape index (κ3) is 5.65. The molecule has 1 amide bonds. The summed E-state index contributed by atoms with van der Waals surface area (Å²) < 4.78 is 12.1. The Balaban J connectivity index is 1.18. The maximum absolute atomic E-state index is 13.3. The van der Waals surface area contributed by atoms with Gasteiger partial charge >= 0.3 is 5.97 Å². The van der Waals surface area contributed by atoms with Crippen LogP contribution in [0.4, 0.5) is 11.4 Å². The second-order valence-corrected chi connectivity index (χ2v) is 10.5. The molecule has 2 heterocycles. The van der Waals surface area contributed by atoms with Gasteiger partial charge in [0.15, 0.2) is 6.61 Å². The smallest absolute Gasteiger partial charge is 0.313 e. The fraction of sp³-hybridized carbons (Fsp3) is 0.444. The lowest BCUT2D eigenvalue weighted by Gasteiger charge is -2.34. The van der Waals surface area contributed by atoms with Crippen LogP contribution in [0.2, 0.25) is 0 Å². The highest BCUT2D eigenvalue weighted by Gasteiger charge is 2.42. The summed E-state index contributed by atoms with van der Waals surface area (Å²) in [6.45, 7) is 2.89. The van der Waals surface area contributed by atoms with E-state index in [1.807, 2.05) is 42.5 Å². The summed E-state index contributed by atoms with van der Waals surface area (Å²) in [7, 11) is 0. The van der Waals surface area contributed by atoms with Crippen LogP contribution in [0.25, 0.3) is 10.2 Å². The van der Waals surface area contributed by atoms with E-state index < -0.39 is 5.41 Å². The predicted octanol–water partition coefficient (Wildman–Crippen LogP) is 4.81. The predicted molar refractivity (Wildman–Crippen MR) is 138 cm³/mol. The molecule has 0 radical (unpaired) electrons. The number of thiazole rings is 1. The van der Waals surface area contributed by atoms with Crippen LogP contribution in [0.3, 0.4) is 0 Å². The Bertz CT molecular complexity index is 1130. The van der Waals surface area contributed by atoms with Crippen LogP contribution in [0.15, 0.2) is 48.5 Å². The van der Waals surface area contributed by atoms with Gasteiger partial charge in [0.05, 0.1) is 33.9 Å². The number of ether oxygens (including phenoxy) is 2. The summed E-state index contributed by atoms with van der Waals surface area (Å²) in [6, 6.07) is 15.8. The summed E-state index contributed by atoms with van der Waals surface area (Å²) >= 11 is 1.64. The molecule has 1 saturated carbocycles. The number of carbonyl (C=O) groups excluding carboxylic acids is 2. The number of morpholine rings is 1. The molecule has 0 unspecified atom stereocenters. The normalized spacial score (nSPS) is 17.8. The molecule has 1 aliphatic heterocycles. The van der Waals surface area contributed by atoms with Gasteiger partial charge in [-0.15, -0.1) is 11.3 Å². The number of para-hydroxylation sites is 1. The van der Waals surface area contributed by atoms with Gasteiger partial charge in [-0.3, -0.25) is 9.59 Å². The van der Waals surface area contributed by atoms with Crippen molar-refractivity contribution in [2.45, 2.75) is 38.5 Å². The van der Waals surface area contributed by atoms with Crippen LogP contribution in [0.1, 0.15) is 37.1 Å². The zero-order valence-corrected chi connectivity index (χ0v) is 20.6. The number of hydrogen-bond donors (Lipinski definition) is 1. The molecular weight excluding hydrogens is 462 g/mol. The Morgan fingerprint density at radius 3 is 2.51 bits per heavy atom. The molecule has 8 heteroatoms.